The van der Waals surface area contributed by atoms with Crippen molar-refractivity contribution in [1.82, 2.24) is 24.8 Å². The van der Waals surface area contributed by atoms with Gasteiger partial charge in [-0.2, -0.15) is 0 Å². The second-order valence-corrected chi connectivity index (χ2v) is 8.55. The average molecular weight is 423 g/mol. The number of nitrogens with zero attached hydrogens (tertiary/aromatic N) is 5. The SMILES string of the molecule is CC(=O)N1CCC(C(=O)N2CCCC(c3ccnc(Nc4ccc(C)cn4)n3)C2)CC1. The van der Waals surface area contributed by atoms with E-state index < -0.39 is 0 Å². The fourth-order valence-corrected chi connectivity index (χ4v) is 4.43. The molecule has 4 rings (SSSR count). The smallest absolute Gasteiger partial charge is 0.228 e. The van der Waals surface area contributed by atoms with Crippen LogP contribution < -0.4 is 5.32 Å². The van der Waals surface area contributed by atoms with Gasteiger partial charge in [0.25, 0.3) is 0 Å². The molecule has 2 aliphatic heterocycles. The normalized spacial score (nSPS) is 19.9. The molecule has 2 aromatic rings. The van der Waals surface area contributed by atoms with Gasteiger partial charge in [-0.25, -0.2) is 15.0 Å². The number of hydrogen-bond acceptors (Lipinski definition) is 6. The van der Waals surface area contributed by atoms with E-state index in [0.717, 1.165) is 43.5 Å². The van der Waals surface area contributed by atoms with Gasteiger partial charge in [-0.05, 0) is 50.3 Å². The van der Waals surface area contributed by atoms with Crippen molar-refractivity contribution in [3.05, 3.63) is 41.9 Å². The van der Waals surface area contributed by atoms with Crippen molar-refractivity contribution in [2.75, 3.05) is 31.5 Å². The van der Waals surface area contributed by atoms with E-state index in [4.69, 9.17) is 4.98 Å². The van der Waals surface area contributed by atoms with Gasteiger partial charge in [0.2, 0.25) is 17.8 Å². The predicted molar refractivity (Wildman–Crippen MR) is 118 cm³/mol. The molecular formula is C23H30N6O2. The van der Waals surface area contributed by atoms with E-state index in [1.807, 2.05) is 34.9 Å². The minimum Gasteiger partial charge on any atom is -0.343 e. The topological polar surface area (TPSA) is 91.3 Å². The number of carbonyl (C=O) groups is 2. The van der Waals surface area contributed by atoms with Crippen LogP contribution in [0, 0.1) is 12.8 Å². The Morgan fingerprint density at radius 2 is 1.84 bits per heavy atom. The summed E-state index contributed by atoms with van der Waals surface area (Å²) >= 11 is 0. The molecular weight excluding hydrogens is 392 g/mol. The summed E-state index contributed by atoms with van der Waals surface area (Å²) in [6, 6.07) is 5.84. The Bertz CT molecular complexity index is 924. The molecule has 1 unspecified atom stereocenters. The maximum absolute atomic E-state index is 13.1. The van der Waals surface area contributed by atoms with E-state index in [9.17, 15) is 9.59 Å². The molecule has 0 bridgehead atoms. The molecule has 164 valence electrons. The van der Waals surface area contributed by atoms with Crippen LogP contribution in [0.15, 0.2) is 30.6 Å². The standard InChI is InChI=1S/C23H30N6O2/c1-16-5-6-21(25-14-16)27-23-24-10-7-20(26-23)19-4-3-11-29(15-19)22(31)18-8-12-28(13-9-18)17(2)30/h5-7,10,14,18-19H,3-4,8-9,11-13,15H2,1-2H3,(H,24,25,26,27). The molecule has 1 N–H and O–H groups in total. The first-order valence-electron chi connectivity index (χ1n) is 11.1. The number of aromatic nitrogens is 3. The lowest BCUT2D eigenvalue weighted by atomic mass is 9.91. The predicted octanol–water partition coefficient (Wildman–Crippen LogP) is 2.89. The monoisotopic (exact) mass is 422 g/mol. The number of likely N-dealkylation sites (tertiary alicyclic amines) is 2. The zero-order valence-electron chi connectivity index (χ0n) is 18.3. The lowest BCUT2D eigenvalue weighted by molar-refractivity contribution is -0.141. The third-order valence-corrected chi connectivity index (χ3v) is 6.27. The fourth-order valence-electron chi connectivity index (χ4n) is 4.43. The Labute approximate surface area is 183 Å². The molecule has 2 aliphatic rings. The summed E-state index contributed by atoms with van der Waals surface area (Å²) in [5.74, 6) is 1.77. The van der Waals surface area contributed by atoms with Crippen molar-refractivity contribution in [2.24, 2.45) is 5.92 Å². The molecule has 4 heterocycles. The van der Waals surface area contributed by atoms with Crippen molar-refractivity contribution in [3.8, 4) is 0 Å². The summed E-state index contributed by atoms with van der Waals surface area (Å²) in [4.78, 5) is 41.9. The Balaban J connectivity index is 1.38. The molecule has 8 nitrogen and oxygen atoms in total. The molecule has 1 atom stereocenters. The number of amides is 2. The highest BCUT2D eigenvalue weighted by atomic mass is 16.2. The maximum atomic E-state index is 13.1. The van der Waals surface area contributed by atoms with Gasteiger partial charge in [0.15, 0.2) is 0 Å². The highest BCUT2D eigenvalue weighted by molar-refractivity contribution is 5.80. The van der Waals surface area contributed by atoms with Gasteiger partial charge in [0.1, 0.15) is 5.82 Å². The third-order valence-electron chi connectivity index (χ3n) is 6.27. The largest absolute Gasteiger partial charge is 0.343 e. The number of piperidine rings is 2. The van der Waals surface area contributed by atoms with Crippen molar-refractivity contribution < 1.29 is 9.59 Å². The molecule has 0 spiro atoms. The minimum absolute atomic E-state index is 0.0181. The van der Waals surface area contributed by atoms with Crippen LogP contribution in [-0.4, -0.2) is 62.7 Å². The second kappa shape index (κ2) is 9.41. The fraction of sp³-hybridized carbons (Fsp3) is 0.522. The summed E-state index contributed by atoms with van der Waals surface area (Å²) < 4.78 is 0. The molecule has 0 radical (unpaired) electrons. The summed E-state index contributed by atoms with van der Waals surface area (Å²) in [7, 11) is 0. The third kappa shape index (κ3) is 5.18. The maximum Gasteiger partial charge on any atom is 0.228 e. The average Bonchev–Trinajstić information content (AvgIpc) is 2.80. The molecule has 2 saturated heterocycles. The van der Waals surface area contributed by atoms with Crippen LogP contribution in [0.1, 0.15) is 49.8 Å². The van der Waals surface area contributed by atoms with Gasteiger partial charge in [-0.1, -0.05) is 6.07 Å². The summed E-state index contributed by atoms with van der Waals surface area (Å²) in [6.45, 7) is 6.43. The van der Waals surface area contributed by atoms with E-state index in [0.29, 0.717) is 31.4 Å². The lowest BCUT2D eigenvalue weighted by Gasteiger charge is -2.37. The zero-order valence-corrected chi connectivity index (χ0v) is 18.3. The highest BCUT2D eigenvalue weighted by Crippen LogP contribution is 2.29. The quantitative estimate of drug-likeness (QED) is 0.815. The van der Waals surface area contributed by atoms with Gasteiger partial charge in [-0.3, -0.25) is 9.59 Å². The highest BCUT2D eigenvalue weighted by Gasteiger charge is 2.32. The molecule has 0 aromatic carbocycles. The number of carbonyl (C=O) groups excluding carboxylic acids is 2. The number of rotatable bonds is 4. The van der Waals surface area contributed by atoms with Crippen LogP contribution >= 0.6 is 0 Å². The van der Waals surface area contributed by atoms with Crippen LogP contribution in [0.25, 0.3) is 0 Å². The van der Waals surface area contributed by atoms with E-state index in [1.54, 1.807) is 19.3 Å². The van der Waals surface area contributed by atoms with Crippen LogP contribution in [0.3, 0.4) is 0 Å². The minimum atomic E-state index is 0.0181. The Kier molecular flexibility index (Phi) is 6.44. The van der Waals surface area contributed by atoms with Crippen LogP contribution in [0.4, 0.5) is 11.8 Å². The molecule has 0 aliphatic carbocycles. The van der Waals surface area contributed by atoms with Gasteiger partial charge < -0.3 is 15.1 Å². The Morgan fingerprint density at radius 3 is 2.55 bits per heavy atom. The second-order valence-electron chi connectivity index (χ2n) is 8.55. The number of aryl methyl sites for hydroxylation is 1. The van der Waals surface area contributed by atoms with Crippen LogP contribution in [-0.2, 0) is 9.59 Å². The number of hydrogen-bond donors (Lipinski definition) is 1. The molecule has 2 fully saturated rings. The Morgan fingerprint density at radius 1 is 1.03 bits per heavy atom. The first-order chi connectivity index (χ1) is 15.0. The van der Waals surface area contributed by atoms with Gasteiger partial charge in [0, 0.05) is 57.3 Å². The van der Waals surface area contributed by atoms with E-state index >= 15 is 0 Å². The number of nitrogens with one attached hydrogen (secondary N) is 1. The van der Waals surface area contributed by atoms with Crippen LogP contribution in [0.5, 0.6) is 0 Å². The molecule has 8 heteroatoms. The first-order valence-corrected chi connectivity index (χ1v) is 11.1. The van der Waals surface area contributed by atoms with Crippen molar-refractivity contribution in [1.29, 1.82) is 0 Å². The zero-order chi connectivity index (χ0) is 21.8. The number of pyridine rings is 1. The van der Waals surface area contributed by atoms with Gasteiger partial charge in [0.05, 0.1) is 5.69 Å². The van der Waals surface area contributed by atoms with E-state index in [1.165, 1.54) is 0 Å². The summed E-state index contributed by atoms with van der Waals surface area (Å²) in [6.07, 6.45) is 7.05. The molecule has 0 saturated carbocycles. The van der Waals surface area contributed by atoms with Crippen LogP contribution in [0.2, 0.25) is 0 Å². The first kappa shape index (κ1) is 21.2. The molecule has 2 aromatic heterocycles. The number of anilines is 2. The van der Waals surface area contributed by atoms with E-state index in [2.05, 4.69) is 15.3 Å². The van der Waals surface area contributed by atoms with E-state index in [-0.39, 0.29) is 23.7 Å². The summed E-state index contributed by atoms with van der Waals surface area (Å²) in [5, 5.41) is 3.16. The lowest BCUT2D eigenvalue weighted by Crippen LogP contribution is -2.46. The summed E-state index contributed by atoms with van der Waals surface area (Å²) in [5.41, 5.74) is 2.05. The van der Waals surface area contributed by atoms with Crippen molar-refractivity contribution in [2.45, 2.75) is 45.4 Å². The molecule has 2 amide bonds. The van der Waals surface area contributed by atoms with Crippen molar-refractivity contribution in [3.63, 3.8) is 0 Å². The van der Waals surface area contributed by atoms with Gasteiger partial charge in [-0.15, -0.1) is 0 Å². The van der Waals surface area contributed by atoms with Gasteiger partial charge >= 0.3 is 0 Å². The Hall–Kier alpha value is -3.03. The van der Waals surface area contributed by atoms with Crippen molar-refractivity contribution >= 4 is 23.6 Å². The molecule has 31 heavy (non-hydrogen) atoms.